The zero-order valence-corrected chi connectivity index (χ0v) is 13.5. The quantitative estimate of drug-likeness (QED) is 0.696. The molecule has 0 saturated carbocycles. The van der Waals surface area contributed by atoms with Gasteiger partial charge in [-0.2, -0.15) is 5.10 Å². The topological polar surface area (TPSA) is 30.7 Å². The number of benzene rings is 1. The van der Waals surface area contributed by atoms with Crippen molar-refractivity contribution in [2.45, 2.75) is 19.8 Å². The highest BCUT2D eigenvalue weighted by atomic mass is 35.5. The van der Waals surface area contributed by atoms with Crippen molar-refractivity contribution in [2.24, 2.45) is 7.05 Å². The van der Waals surface area contributed by atoms with E-state index in [9.17, 15) is 0 Å². The largest absolute Gasteiger partial charge is 0.271 e. The molecule has 0 radical (unpaired) electrons. The summed E-state index contributed by atoms with van der Waals surface area (Å²) in [5.74, 6) is 0. The first-order valence-electron chi connectivity index (χ1n) is 7.43. The van der Waals surface area contributed by atoms with Crippen molar-refractivity contribution < 1.29 is 0 Å². The number of rotatable bonds is 4. The molecule has 112 valence electrons. The third-order valence-corrected chi connectivity index (χ3v) is 3.99. The summed E-state index contributed by atoms with van der Waals surface area (Å²) in [6.45, 7) is 2.19. The Balaban J connectivity index is 2.22. The molecular weight excluding hydrogens is 294 g/mol. The molecular formula is C18H18ClN3. The molecule has 0 saturated heterocycles. The first-order chi connectivity index (χ1) is 10.7. The van der Waals surface area contributed by atoms with Crippen LogP contribution in [0.25, 0.3) is 22.4 Å². The SMILES string of the molecule is CCCc1c(-c2ccncc2)c(-c2ccc(Cl)cc2)nn1C. The smallest absolute Gasteiger partial charge is 0.100 e. The van der Waals surface area contributed by atoms with Gasteiger partial charge in [0.05, 0.1) is 0 Å². The monoisotopic (exact) mass is 311 g/mol. The average molecular weight is 312 g/mol. The number of aromatic nitrogens is 3. The maximum atomic E-state index is 6.01. The van der Waals surface area contributed by atoms with E-state index >= 15 is 0 Å². The second-order valence-electron chi connectivity index (χ2n) is 5.29. The van der Waals surface area contributed by atoms with Crippen molar-refractivity contribution in [2.75, 3.05) is 0 Å². The van der Waals surface area contributed by atoms with Gasteiger partial charge in [0, 0.05) is 41.3 Å². The number of halogens is 1. The van der Waals surface area contributed by atoms with Gasteiger partial charge in [0.2, 0.25) is 0 Å². The second kappa shape index (κ2) is 6.32. The molecule has 2 aromatic heterocycles. The van der Waals surface area contributed by atoms with E-state index in [0.717, 1.165) is 34.7 Å². The molecule has 4 heteroatoms. The summed E-state index contributed by atoms with van der Waals surface area (Å²) in [6.07, 6.45) is 5.72. The molecule has 0 atom stereocenters. The first-order valence-corrected chi connectivity index (χ1v) is 7.80. The van der Waals surface area contributed by atoms with Crippen LogP contribution in [0.1, 0.15) is 19.0 Å². The van der Waals surface area contributed by atoms with Gasteiger partial charge in [-0.15, -0.1) is 0 Å². The zero-order valence-electron chi connectivity index (χ0n) is 12.8. The maximum absolute atomic E-state index is 6.01. The van der Waals surface area contributed by atoms with E-state index in [-0.39, 0.29) is 0 Å². The predicted octanol–water partition coefficient (Wildman–Crippen LogP) is 4.76. The van der Waals surface area contributed by atoms with Crippen LogP contribution in [0.2, 0.25) is 5.02 Å². The van der Waals surface area contributed by atoms with Crippen molar-refractivity contribution >= 4 is 11.6 Å². The van der Waals surface area contributed by atoms with E-state index in [0.29, 0.717) is 0 Å². The summed E-state index contributed by atoms with van der Waals surface area (Å²) in [7, 11) is 2.01. The molecule has 1 aromatic carbocycles. The maximum Gasteiger partial charge on any atom is 0.100 e. The van der Waals surface area contributed by atoms with Gasteiger partial charge in [-0.3, -0.25) is 9.67 Å². The molecule has 3 nitrogen and oxygen atoms in total. The van der Waals surface area contributed by atoms with Crippen LogP contribution >= 0.6 is 11.6 Å². The molecule has 2 heterocycles. The Morgan fingerprint density at radius 1 is 1.00 bits per heavy atom. The van der Waals surface area contributed by atoms with Gasteiger partial charge in [-0.25, -0.2) is 0 Å². The number of hydrogen-bond donors (Lipinski definition) is 0. The van der Waals surface area contributed by atoms with E-state index in [1.807, 2.05) is 60.5 Å². The third kappa shape index (κ3) is 2.77. The van der Waals surface area contributed by atoms with Crippen molar-refractivity contribution in [3.63, 3.8) is 0 Å². The highest BCUT2D eigenvalue weighted by Crippen LogP contribution is 2.35. The van der Waals surface area contributed by atoms with Crippen LogP contribution in [0.15, 0.2) is 48.8 Å². The summed E-state index contributed by atoms with van der Waals surface area (Å²) in [5, 5.41) is 5.49. The Bertz CT molecular complexity index is 761. The van der Waals surface area contributed by atoms with Crippen molar-refractivity contribution in [3.05, 3.63) is 59.5 Å². The van der Waals surface area contributed by atoms with Gasteiger partial charge in [0.1, 0.15) is 5.69 Å². The van der Waals surface area contributed by atoms with E-state index in [4.69, 9.17) is 16.7 Å². The highest BCUT2D eigenvalue weighted by molar-refractivity contribution is 6.30. The van der Waals surface area contributed by atoms with Crippen LogP contribution in [-0.2, 0) is 13.5 Å². The molecule has 3 rings (SSSR count). The zero-order chi connectivity index (χ0) is 15.5. The van der Waals surface area contributed by atoms with Gasteiger partial charge in [0.25, 0.3) is 0 Å². The fourth-order valence-corrected chi connectivity index (χ4v) is 2.84. The summed E-state index contributed by atoms with van der Waals surface area (Å²) in [5.41, 5.74) is 5.66. The molecule has 0 N–H and O–H groups in total. The van der Waals surface area contributed by atoms with Gasteiger partial charge in [-0.05, 0) is 36.2 Å². The molecule has 0 amide bonds. The Morgan fingerprint density at radius 2 is 1.68 bits per heavy atom. The molecule has 22 heavy (non-hydrogen) atoms. The molecule has 0 bridgehead atoms. The molecule has 0 aliphatic heterocycles. The lowest BCUT2D eigenvalue weighted by Gasteiger charge is -2.07. The average Bonchev–Trinajstić information content (AvgIpc) is 2.86. The van der Waals surface area contributed by atoms with Crippen LogP contribution in [-0.4, -0.2) is 14.8 Å². The number of nitrogens with zero attached hydrogens (tertiary/aromatic N) is 3. The van der Waals surface area contributed by atoms with Crippen molar-refractivity contribution in [1.29, 1.82) is 0 Å². The van der Waals surface area contributed by atoms with Crippen LogP contribution < -0.4 is 0 Å². The van der Waals surface area contributed by atoms with Crippen molar-refractivity contribution in [1.82, 2.24) is 14.8 Å². The summed E-state index contributed by atoms with van der Waals surface area (Å²) in [4.78, 5) is 4.12. The van der Waals surface area contributed by atoms with Gasteiger partial charge < -0.3 is 0 Å². The van der Waals surface area contributed by atoms with E-state index in [1.165, 1.54) is 11.3 Å². The molecule has 0 aliphatic carbocycles. The lowest BCUT2D eigenvalue weighted by Crippen LogP contribution is -1.98. The predicted molar refractivity (Wildman–Crippen MR) is 90.9 cm³/mol. The number of pyridine rings is 1. The number of hydrogen-bond acceptors (Lipinski definition) is 2. The fourth-order valence-electron chi connectivity index (χ4n) is 2.71. The van der Waals surface area contributed by atoms with Crippen LogP contribution in [0.5, 0.6) is 0 Å². The molecule has 0 fully saturated rings. The Labute approximate surface area is 135 Å². The Kier molecular flexibility index (Phi) is 4.25. The van der Waals surface area contributed by atoms with E-state index in [1.54, 1.807) is 0 Å². The van der Waals surface area contributed by atoms with E-state index in [2.05, 4.69) is 11.9 Å². The van der Waals surface area contributed by atoms with Gasteiger partial charge in [0.15, 0.2) is 0 Å². The normalized spacial score (nSPS) is 10.9. The highest BCUT2D eigenvalue weighted by Gasteiger charge is 2.18. The van der Waals surface area contributed by atoms with Crippen LogP contribution in [0, 0.1) is 0 Å². The summed E-state index contributed by atoms with van der Waals surface area (Å²) < 4.78 is 1.99. The van der Waals surface area contributed by atoms with Crippen molar-refractivity contribution in [3.8, 4) is 22.4 Å². The third-order valence-electron chi connectivity index (χ3n) is 3.74. The van der Waals surface area contributed by atoms with Gasteiger partial charge >= 0.3 is 0 Å². The van der Waals surface area contributed by atoms with Crippen LogP contribution in [0.3, 0.4) is 0 Å². The lowest BCUT2D eigenvalue weighted by atomic mass is 9.98. The minimum Gasteiger partial charge on any atom is -0.271 e. The summed E-state index contributed by atoms with van der Waals surface area (Å²) >= 11 is 6.01. The fraction of sp³-hybridized carbons (Fsp3) is 0.222. The Hall–Kier alpha value is -2.13. The molecule has 0 aliphatic rings. The standard InChI is InChI=1S/C18H18ClN3/c1-3-4-16-17(13-9-11-20-12-10-13)18(21-22(16)2)14-5-7-15(19)8-6-14/h5-12H,3-4H2,1-2H3. The van der Waals surface area contributed by atoms with Crippen LogP contribution in [0.4, 0.5) is 0 Å². The minimum absolute atomic E-state index is 0.735. The summed E-state index contributed by atoms with van der Waals surface area (Å²) in [6, 6.07) is 11.9. The lowest BCUT2D eigenvalue weighted by molar-refractivity contribution is 0.700. The molecule has 3 aromatic rings. The van der Waals surface area contributed by atoms with E-state index < -0.39 is 0 Å². The minimum atomic E-state index is 0.735. The van der Waals surface area contributed by atoms with Gasteiger partial charge in [-0.1, -0.05) is 37.1 Å². The molecule has 0 spiro atoms. The number of aryl methyl sites for hydroxylation is 1. The Morgan fingerprint density at radius 3 is 2.32 bits per heavy atom. The first kappa shape index (κ1) is 14.8. The second-order valence-corrected chi connectivity index (χ2v) is 5.72. The molecule has 0 unspecified atom stereocenters.